The standard InChI is InChI=1S/C36H37N5O6S/c1-3-12-38-35(44)29-9-7-24(32(40-29)36(45)46-2)25-18-30-27(33-21(10-13-47-30)11-14-48-33)17-26(25)34(43)41-28-8-4-20(19-37)15-22(28)16-31(42)39-23-5-6-23/h4,7-9,11,14-15,17-18,23H,3,5-6,10,12-13,16,19,37H2,1-2H3,(H,38,44)(H,39,42)(H,41,43). The molecule has 2 aromatic carbocycles. The highest BCUT2D eigenvalue weighted by atomic mass is 32.1. The van der Waals surface area contributed by atoms with E-state index in [4.69, 9.17) is 15.2 Å². The van der Waals surface area contributed by atoms with Crippen molar-refractivity contribution < 1.29 is 28.7 Å². The van der Waals surface area contributed by atoms with E-state index in [2.05, 4.69) is 20.9 Å². The number of methoxy groups -OCH3 is 1. The molecule has 2 aromatic heterocycles. The maximum atomic E-state index is 14.4. The highest BCUT2D eigenvalue weighted by molar-refractivity contribution is 7.13. The fourth-order valence-corrected chi connectivity index (χ4v) is 6.60. The van der Waals surface area contributed by atoms with E-state index in [1.165, 1.54) is 13.2 Å². The highest BCUT2D eigenvalue weighted by Gasteiger charge is 2.28. The molecule has 0 unspecified atom stereocenters. The number of carbonyl (C=O) groups is 4. The van der Waals surface area contributed by atoms with Gasteiger partial charge < -0.3 is 31.2 Å². The summed E-state index contributed by atoms with van der Waals surface area (Å²) in [5, 5.41) is 10.8. The van der Waals surface area contributed by atoms with Crippen molar-refractivity contribution in [1.29, 1.82) is 0 Å². The molecule has 5 N–H and O–H groups in total. The number of ether oxygens (including phenoxy) is 2. The Morgan fingerprint density at radius 2 is 1.85 bits per heavy atom. The summed E-state index contributed by atoms with van der Waals surface area (Å²) < 4.78 is 11.3. The summed E-state index contributed by atoms with van der Waals surface area (Å²) in [6, 6.07) is 14.2. The molecule has 0 saturated heterocycles. The molecule has 0 radical (unpaired) electrons. The molecule has 3 amide bonds. The number of rotatable bonds is 11. The largest absolute Gasteiger partial charge is 0.493 e. The third kappa shape index (κ3) is 7.09. The van der Waals surface area contributed by atoms with Gasteiger partial charge in [-0.1, -0.05) is 19.1 Å². The molecule has 4 aromatic rings. The SMILES string of the molecule is CCCNC(=O)c1ccc(-c2cc3c(cc2C(=O)Nc2ccc(CN)cc2CC(=O)NC2CC2)-c2sccc2CCO3)c(C(=O)OC)n1. The lowest BCUT2D eigenvalue weighted by atomic mass is 9.93. The third-order valence-corrected chi connectivity index (χ3v) is 9.25. The van der Waals surface area contributed by atoms with Gasteiger partial charge in [-0.05, 0) is 77.7 Å². The number of anilines is 1. The first-order valence-electron chi connectivity index (χ1n) is 16.0. The van der Waals surface area contributed by atoms with Crippen molar-refractivity contribution in [3.05, 3.63) is 87.6 Å². The van der Waals surface area contributed by atoms with Gasteiger partial charge in [0.2, 0.25) is 5.91 Å². The lowest BCUT2D eigenvalue weighted by Crippen LogP contribution is -2.27. The third-order valence-electron chi connectivity index (χ3n) is 8.26. The van der Waals surface area contributed by atoms with Crippen LogP contribution in [0.2, 0.25) is 0 Å². The zero-order chi connectivity index (χ0) is 33.8. The second-order valence-electron chi connectivity index (χ2n) is 11.8. The number of thiophene rings is 1. The van der Waals surface area contributed by atoms with Crippen molar-refractivity contribution in [2.45, 2.75) is 51.6 Å². The van der Waals surface area contributed by atoms with Gasteiger partial charge in [0.1, 0.15) is 11.4 Å². The molecule has 12 heteroatoms. The summed E-state index contributed by atoms with van der Waals surface area (Å²) in [4.78, 5) is 58.5. The summed E-state index contributed by atoms with van der Waals surface area (Å²) in [5.41, 5.74) is 10.5. The van der Waals surface area contributed by atoms with E-state index in [-0.39, 0.29) is 41.9 Å². The first-order valence-corrected chi connectivity index (χ1v) is 16.9. The average Bonchev–Trinajstić information content (AvgIpc) is 3.83. The van der Waals surface area contributed by atoms with E-state index >= 15 is 0 Å². The van der Waals surface area contributed by atoms with Gasteiger partial charge in [-0.15, -0.1) is 11.3 Å². The molecule has 11 nitrogen and oxygen atoms in total. The maximum absolute atomic E-state index is 14.4. The van der Waals surface area contributed by atoms with Gasteiger partial charge in [0, 0.05) is 58.4 Å². The Hall–Kier alpha value is -5.07. The topological polar surface area (TPSA) is 162 Å². The van der Waals surface area contributed by atoms with Crippen molar-refractivity contribution >= 4 is 40.7 Å². The summed E-state index contributed by atoms with van der Waals surface area (Å²) >= 11 is 1.56. The number of benzene rings is 2. The quantitative estimate of drug-likeness (QED) is 0.165. The van der Waals surface area contributed by atoms with Crippen LogP contribution in [0.15, 0.2) is 53.9 Å². The minimum atomic E-state index is -0.765. The summed E-state index contributed by atoms with van der Waals surface area (Å²) in [5.74, 6) is -1.25. The number of esters is 1. The molecule has 48 heavy (non-hydrogen) atoms. The molecule has 1 aliphatic carbocycles. The van der Waals surface area contributed by atoms with E-state index in [1.807, 2.05) is 30.5 Å². The average molecular weight is 668 g/mol. The Kier molecular flexibility index (Phi) is 9.83. The van der Waals surface area contributed by atoms with E-state index in [9.17, 15) is 19.2 Å². The Morgan fingerprint density at radius 3 is 2.60 bits per heavy atom. The molecule has 1 fully saturated rings. The molecule has 1 saturated carbocycles. The van der Waals surface area contributed by atoms with Crippen LogP contribution in [0.25, 0.3) is 21.6 Å². The lowest BCUT2D eigenvalue weighted by molar-refractivity contribution is -0.120. The van der Waals surface area contributed by atoms with Crippen LogP contribution in [0, 0.1) is 0 Å². The van der Waals surface area contributed by atoms with E-state index < -0.39 is 17.8 Å². The van der Waals surface area contributed by atoms with Gasteiger partial charge in [0.05, 0.1) is 20.1 Å². The Balaban J connectivity index is 1.46. The zero-order valence-corrected chi connectivity index (χ0v) is 27.6. The van der Waals surface area contributed by atoms with Crippen LogP contribution in [0.4, 0.5) is 5.69 Å². The Bertz CT molecular complexity index is 1900. The normalized spacial score (nSPS) is 13.3. The first kappa shape index (κ1) is 32.9. The van der Waals surface area contributed by atoms with Crippen molar-refractivity contribution in [2.75, 3.05) is 25.6 Å². The van der Waals surface area contributed by atoms with Crippen molar-refractivity contribution in [3.63, 3.8) is 0 Å². The number of pyridine rings is 1. The van der Waals surface area contributed by atoms with Gasteiger partial charge in [0.15, 0.2) is 5.69 Å². The van der Waals surface area contributed by atoms with E-state index in [0.717, 1.165) is 40.8 Å². The monoisotopic (exact) mass is 667 g/mol. The predicted molar refractivity (Wildman–Crippen MR) is 183 cm³/mol. The number of hydrogen-bond acceptors (Lipinski definition) is 9. The smallest absolute Gasteiger partial charge is 0.357 e. The molecule has 0 spiro atoms. The fraction of sp³-hybridized carbons (Fsp3) is 0.306. The van der Waals surface area contributed by atoms with Crippen LogP contribution >= 0.6 is 11.3 Å². The summed E-state index contributed by atoms with van der Waals surface area (Å²) in [6.07, 6.45) is 3.42. The molecular weight excluding hydrogens is 630 g/mol. The van der Waals surface area contributed by atoms with E-state index in [1.54, 1.807) is 35.6 Å². The highest BCUT2D eigenvalue weighted by Crippen LogP contribution is 2.43. The van der Waals surface area contributed by atoms with Gasteiger partial charge in [-0.2, -0.15) is 0 Å². The van der Waals surface area contributed by atoms with Crippen LogP contribution < -0.4 is 26.4 Å². The van der Waals surface area contributed by atoms with E-state index in [0.29, 0.717) is 47.7 Å². The number of carbonyl (C=O) groups excluding carboxylic acids is 4. The number of fused-ring (bicyclic) bond motifs is 3. The molecule has 1 aliphatic heterocycles. The van der Waals surface area contributed by atoms with Crippen LogP contribution in [-0.2, 0) is 28.9 Å². The Morgan fingerprint density at radius 1 is 1.02 bits per heavy atom. The van der Waals surface area contributed by atoms with Gasteiger partial charge in [0.25, 0.3) is 11.8 Å². The second kappa shape index (κ2) is 14.4. The second-order valence-corrected chi connectivity index (χ2v) is 12.7. The molecule has 248 valence electrons. The van der Waals surface area contributed by atoms with Gasteiger partial charge in [-0.3, -0.25) is 14.4 Å². The minimum Gasteiger partial charge on any atom is -0.493 e. The number of aromatic nitrogens is 1. The first-order chi connectivity index (χ1) is 23.3. The Labute approximate surface area is 282 Å². The van der Waals surface area contributed by atoms with Crippen LogP contribution in [0.3, 0.4) is 0 Å². The number of nitrogens with one attached hydrogen (secondary N) is 3. The van der Waals surface area contributed by atoms with Crippen LogP contribution in [0.5, 0.6) is 5.75 Å². The molecule has 6 rings (SSSR count). The van der Waals surface area contributed by atoms with Crippen molar-refractivity contribution in [1.82, 2.24) is 15.6 Å². The van der Waals surface area contributed by atoms with Crippen molar-refractivity contribution in [2.24, 2.45) is 5.73 Å². The predicted octanol–water partition coefficient (Wildman–Crippen LogP) is 4.87. The van der Waals surface area contributed by atoms with Gasteiger partial charge in [-0.25, -0.2) is 9.78 Å². The summed E-state index contributed by atoms with van der Waals surface area (Å²) in [6.45, 7) is 3.09. The molecule has 2 aliphatic rings. The molecular formula is C36H37N5O6S. The summed E-state index contributed by atoms with van der Waals surface area (Å²) in [7, 11) is 1.23. The lowest BCUT2D eigenvalue weighted by Gasteiger charge is -2.18. The maximum Gasteiger partial charge on any atom is 0.357 e. The molecule has 0 atom stereocenters. The molecule has 3 heterocycles. The number of nitrogens with zero attached hydrogens (tertiary/aromatic N) is 1. The minimum absolute atomic E-state index is 0.0435. The number of nitrogens with two attached hydrogens (primary N) is 1. The fourth-order valence-electron chi connectivity index (χ4n) is 5.62. The number of amides is 3. The van der Waals surface area contributed by atoms with Crippen LogP contribution in [0.1, 0.15) is 74.2 Å². The van der Waals surface area contributed by atoms with Crippen molar-refractivity contribution in [3.8, 4) is 27.3 Å². The molecule has 0 bridgehead atoms. The van der Waals surface area contributed by atoms with Crippen LogP contribution in [-0.4, -0.2) is 55.0 Å². The zero-order valence-electron chi connectivity index (χ0n) is 26.8. The number of hydrogen-bond donors (Lipinski definition) is 4. The van der Waals surface area contributed by atoms with Gasteiger partial charge >= 0.3 is 5.97 Å².